The highest BCUT2D eigenvalue weighted by molar-refractivity contribution is 7.22. The number of aromatic nitrogens is 1. The third kappa shape index (κ3) is 2.15. The summed E-state index contributed by atoms with van der Waals surface area (Å²) in [6.45, 7) is 2.74. The van der Waals surface area contributed by atoms with E-state index in [1.807, 2.05) is 11.5 Å². The average molecular weight is 286 g/mol. The molecule has 2 aromatic rings. The van der Waals surface area contributed by atoms with Crippen molar-refractivity contribution in [3.05, 3.63) is 32.4 Å². The lowest BCUT2D eigenvalue weighted by molar-refractivity contribution is 0.0598. The van der Waals surface area contributed by atoms with Crippen molar-refractivity contribution in [3.63, 3.8) is 0 Å². The van der Waals surface area contributed by atoms with Crippen molar-refractivity contribution in [1.82, 2.24) is 4.57 Å². The van der Waals surface area contributed by atoms with E-state index in [1.165, 1.54) is 18.4 Å². The van der Waals surface area contributed by atoms with Gasteiger partial charge in [-0.05, 0) is 12.5 Å². The second kappa shape index (κ2) is 5.12. The van der Waals surface area contributed by atoms with Gasteiger partial charge < -0.3 is 9.30 Å². The first-order valence-corrected chi connectivity index (χ1v) is 6.68. The minimum atomic E-state index is -0.617. The number of ether oxygens (including phenoxy) is 1. The van der Waals surface area contributed by atoms with E-state index in [-0.39, 0.29) is 11.0 Å². The molecular weight excluding hydrogens is 274 g/mol. The molecule has 0 saturated heterocycles. The molecule has 2 rings (SSSR count). The van der Waals surface area contributed by atoms with E-state index in [2.05, 4.69) is 4.74 Å². The van der Waals surface area contributed by atoms with Crippen LogP contribution in [0.1, 0.15) is 23.7 Å². The maximum absolute atomic E-state index is 12.1. The van der Waals surface area contributed by atoms with E-state index < -0.39 is 5.97 Å². The van der Waals surface area contributed by atoms with Crippen molar-refractivity contribution < 1.29 is 9.53 Å². The number of fused-ring (bicyclic) bond motifs is 1. The van der Waals surface area contributed by atoms with Crippen molar-refractivity contribution in [2.45, 2.75) is 19.9 Å². The number of nitrogens with zero attached hydrogens (tertiary/aromatic N) is 1. The van der Waals surface area contributed by atoms with Gasteiger partial charge in [-0.15, -0.1) is 11.3 Å². The van der Waals surface area contributed by atoms with E-state index >= 15 is 0 Å². The van der Waals surface area contributed by atoms with Gasteiger partial charge in [0.05, 0.1) is 16.8 Å². The Morgan fingerprint density at radius 2 is 2.28 bits per heavy atom. The molecule has 0 unspecified atom stereocenters. The predicted octanol–water partition coefficient (Wildman–Crippen LogP) is 2.91. The number of rotatable bonds is 3. The molecule has 18 heavy (non-hydrogen) atoms. The fourth-order valence-electron chi connectivity index (χ4n) is 1.81. The summed E-state index contributed by atoms with van der Waals surface area (Å²) in [5.74, 6) is -0.617. The highest BCUT2D eigenvalue weighted by Crippen LogP contribution is 2.28. The minimum absolute atomic E-state index is 0.0490. The first kappa shape index (κ1) is 13.1. The van der Waals surface area contributed by atoms with Crippen LogP contribution in [-0.4, -0.2) is 17.6 Å². The number of hydrogen-bond acceptors (Lipinski definition) is 4. The van der Waals surface area contributed by atoms with Crippen molar-refractivity contribution in [3.8, 4) is 0 Å². The summed E-state index contributed by atoms with van der Waals surface area (Å²) in [5.41, 5.74) is -0.278. The van der Waals surface area contributed by atoms with Gasteiger partial charge in [-0.3, -0.25) is 4.79 Å². The second-order valence-electron chi connectivity index (χ2n) is 3.83. The van der Waals surface area contributed by atoms with Gasteiger partial charge in [0.2, 0.25) is 5.43 Å². The Balaban J connectivity index is 2.78. The third-order valence-electron chi connectivity index (χ3n) is 2.59. The van der Waals surface area contributed by atoms with E-state index in [9.17, 15) is 9.59 Å². The molecule has 0 radical (unpaired) electrons. The number of thiophene rings is 1. The standard InChI is InChI=1S/C12H12ClNO3S/c1-3-4-14-6-8(12(16)17-2)10(15)7-5-9(13)18-11(7)14/h5-6H,3-4H2,1-2H3. The highest BCUT2D eigenvalue weighted by Gasteiger charge is 2.17. The third-order valence-corrected chi connectivity index (χ3v) is 3.89. The fourth-order valence-corrected chi connectivity index (χ4v) is 3.02. The summed E-state index contributed by atoms with van der Waals surface area (Å²) in [5, 5.41) is 0.473. The molecule has 0 aromatic carbocycles. The van der Waals surface area contributed by atoms with Crippen LogP contribution in [0.5, 0.6) is 0 Å². The Morgan fingerprint density at radius 3 is 2.89 bits per heavy atom. The van der Waals surface area contributed by atoms with E-state index in [4.69, 9.17) is 11.6 Å². The maximum atomic E-state index is 12.1. The van der Waals surface area contributed by atoms with E-state index in [0.717, 1.165) is 17.8 Å². The van der Waals surface area contributed by atoms with Crippen LogP contribution in [0.15, 0.2) is 17.1 Å². The molecule has 0 atom stereocenters. The molecule has 0 saturated carbocycles. The number of hydrogen-bond donors (Lipinski definition) is 0. The molecule has 2 aromatic heterocycles. The summed E-state index contributed by atoms with van der Waals surface area (Å²) in [4.78, 5) is 24.5. The van der Waals surface area contributed by atoms with Gasteiger partial charge >= 0.3 is 5.97 Å². The van der Waals surface area contributed by atoms with Crippen molar-refractivity contribution in [1.29, 1.82) is 0 Å². The van der Waals surface area contributed by atoms with Crippen LogP contribution in [-0.2, 0) is 11.3 Å². The number of esters is 1. The van der Waals surface area contributed by atoms with Gasteiger partial charge in [-0.2, -0.15) is 0 Å². The van der Waals surface area contributed by atoms with Crippen LogP contribution < -0.4 is 5.43 Å². The second-order valence-corrected chi connectivity index (χ2v) is 5.49. The van der Waals surface area contributed by atoms with Crippen LogP contribution >= 0.6 is 22.9 Å². The molecule has 0 aliphatic carbocycles. The van der Waals surface area contributed by atoms with Gasteiger partial charge in [0.15, 0.2) is 0 Å². The quantitative estimate of drug-likeness (QED) is 0.815. The van der Waals surface area contributed by atoms with Gasteiger partial charge in [0.1, 0.15) is 10.4 Å². The molecule has 4 nitrogen and oxygen atoms in total. The molecular formula is C12H12ClNO3S. The summed E-state index contributed by atoms with van der Waals surface area (Å²) >= 11 is 7.28. The van der Waals surface area contributed by atoms with E-state index in [0.29, 0.717) is 9.72 Å². The Labute approximate surface area is 113 Å². The normalized spacial score (nSPS) is 10.8. The zero-order valence-corrected chi connectivity index (χ0v) is 11.6. The van der Waals surface area contributed by atoms with Crippen molar-refractivity contribution in [2.75, 3.05) is 7.11 Å². The van der Waals surface area contributed by atoms with Crippen LogP contribution in [0.2, 0.25) is 4.34 Å². The van der Waals surface area contributed by atoms with Crippen LogP contribution in [0.3, 0.4) is 0 Å². The summed E-state index contributed by atoms with van der Waals surface area (Å²) in [7, 11) is 1.26. The Morgan fingerprint density at radius 1 is 1.56 bits per heavy atom. The zero-order chi connectivity index (χ0) is 13.3. The fraction of sp³-hybridized carbons (Fsp3) is 0.333. The van der Waals surface area contributed by atoms with Crippen LogP contribution in [0, 0.1) is 0 Å². The highest BCUT2D eigenvalue weighted by atomic mass is 35.5. The van der Waals surface area contributed by atoms with Crippen LogP contribution in [0.4, 0.5) is 0 Å². The number of methoxy groups -OCH3 is 1. The number of carbonyl (C=O) groups is 1. The number of aryl methyl sites for hydroxylation is 1. The predicted molar refractivity (Wildman–Crippen MR) is 72.7 cm³/mol. The van der Waals surface area contributed by atoms with E-state index in [1.54, 1.807) is 12.3 Å². The molecule has 96 valence electrons. The molecule has 6 heteroatoms. The molecule has 0 bridgehead atoms. The summed E-state index contributed by atoms with van der Waals surface area (Å²) < 4.78 is 7.03. The smallest absolute Gasteiger partial charge is 0.343 e. The summed E-state index contributed by atoms with van der Waals surface area (Å²) in [6, 6.07) is 1.60. The molecule has 0 spiro atoms. The van der Waals surface area contributed by atoms with Gasteiger partial charge in [0.25, 0.3) is 0 Å². The van der Waals surface area contributed by atoms with Gasteiger partial charge in [-0.1, -0.05) is 18.5 Å². The molecule has 2 heterocycles. The Kier molecular flexibility index (Phi) is 3.73. The monoisotopic (exact) mass is 285 g/mol. The topological polar surface area (TPSA) is 48.3 Å². The largest absolute Gasteiger partial charge is 0.465 e. The molecule has 0 aliphatic rings. The molecule has 0 fully saturated rings. The van der Waals surface area contributed by atoms with Crippen molar-refractivity contribution >= 4 is 39.1 Å². The molecule has 0 N–H and O–H groups in total. The van der Waals surface area contributed by atoms with Gasteiger partial charge in [-0.25, -0.2) is 4.79 Å². The zero-order valence-electron chi connectivity index (χ0n) is 10.0. The number of carbonyl (C=O) groups excluding carboxylic acids is 1. The lowest BCUT2D eigenvalue weighted by atomic mass is 10.2. The number of halogens is 1. The minimum Gasteiger partial charge on any atom is -0.465 e. The van der Waals surface area contributed by atoms with Gasteiger partial charge in [0, 0.05) is 12.7 Å². The lowest BCUT2D eigenvalue weighted by Gasteiger charge is -2.08. The first-order chi connectivity index (χ1) is 8.58. The first-order valence-electron chi connectivity index (χ1n) is 5.49. The average Bonchev–Trinajstić information content (AvgIpc) is 2.74. The van der Waals surface area contributed by atoms with Crippen molar-refractivity contribution in [2.24, 2.45) is 0 Å². The number of pyridine rings is 1. The Hall–Kier alpha value is -1.33. The SMILES string of the molecule is CCCn1cc(C(=O)OC)c(=O)c2cc(Cl)sc21. The van der Waals surface area contributed by atoms with Crippen LogP contribution in [0.25, 0.3) is 10.2 Å². The maximum Gasteiger partial charge on any atom is 0.343 e. The Bertz CT molecular complexity index is 659. The summed E-state index contributed by atoms with van der Waals surface area (Å²) in [6.07, 6.45) is 2.45. The molecule has 0 amide bonds. The lowest BCUT2D eigenvalue weighted by Crippen LogP contribution is -2.19. The molecule has 0 aliphatic heterocycles.